The Kier molecular flexibility index (Phi) is 7.16. The van der Waals surface area contributed by atoms with Gasteiger partial charge in [-0.3, -0.25) is 0 Å². The fourth-order valence-corrected chi connectivity index (χ4v) is 2.23. The zero-order valence-electron chi connectivity index (χ0n) is 8.73. The lowest BCUT2D eigenvalue weighted by Gasteiger charge is -2.24. The van der Waals surface area contributed by atoms with E-state index in [-0.39, 0.29) is 0 Å². The number of hydrogen-bond acceptors (Lipinski definition) is 1. The molecule has 0 aromatic rings. The molecule has 0 rings (SSSR count). The van der Waals surface area contributed by atoms with Gasteiger partial charge in [0, 0.05) is 17.4 Å². The Morgan fingerprint density at radius 3 is 2.17 bits per heavy atom. The van der Waals surface area contributed by atoms with Crippen molar-refractivity contribution in [3.63, 3.8) is 0 Å². The van der Waals surface area contributed by atoms with Gasteiger partial charge in [-0.1, -0.05) is 43.1 Å². The van der Waals surface area contributed by atoms with Crippen LogP contribution < -0.4 is 5.32 Å². The van der Waals surface area contributed by atoms with Crippen LogP contribution in [0.5, 0.6) is 0 Å². The van der Waals surface area contributed by atoms with Gasteiger partial charge in [-0.05, 0) is 19.3 Å². The van der Waals surface area contributed by atoms with E-state index in [1.54, 1.807) is 0 Å². The summed E-state index contributed by atoms with van der Waals surface area (Å²) in [6.07, 6.45) is 2.54. The molecular weight excluding hydrogens is 214 g/mol. The van der Waals surface area contributed by atoms with Crippen molar-refractivity contribution in [3.8, 4) is 0 Å². The third-order valence-electron chi connectivity index (χ3n) is 2.19. The van der Waals surface area contributed by atoms with Gasteiger partial charge in [0.25, 0.3) is 0 Å². The molecular formula is C10H22BrN. The highest BCUT2D eigenvalue weighted by molar-refractivity contribution is 9.09. The molecule has 1 N–H and O–H groups in total. The summed E-state index contributed by atoms with van der Waals surface area (Å²) in [5, 5.41) is 4.67. The molecule has 1 nitrogen and oxygen atoms in total. The molecule has 0 spiro atoms. The van der Waals surface area contributed by atoms with Gasteiger partial charge in [0.2, 0.25) is 0 Å². The summed E-state index contributed by atoms with van der Waals surface area (Å²) in [5.41, 5.74) is 0. The summed E-state index contributed by atoms with van der Waals surface area (Å²) in [6, 6.07) is 1.27. The SMILES string of the molecule is CCCC(C)NC(CBr)C(C)C. The molecule has 2 unspecified atom stereocenters. The van der Waals surface area contributed by atoms with Crippen molar-refractivity contribution in [2.24, 2.45) is 5.92 Å². The van der Waals surface area contributed by atoms with Crippen molar-refractivity contribution in [1.29, 1.82) is 0 Å². The largest absolute Gasteiger partial charge is 0.310 e. The fourth-order valence-electron chi connectivity index (χ4n) is 1.30. The summed E-state index contributed by atoms with van der Waals surface area (Å²) < 4.78 is 0. The van der Waals surface area contributed by atoms with Gasteiger partial charge in [0.05, 0.1) is 0 Å². The van der Waals surface area contributed by atoms with Crippen LogP contribution in [0, 0.1) is 5.92 Å². The second kappa shape index (κ2) is 6.90. The zero-order chi connectivity index (χ0) is 9.56. The van der Waals surface area contributed by atoms with Gasteiger partial charge in [0.1, 0.15) is 0 Å². The normalized spacial score (nSPS) is 16.5. The number of rotatable bonds is 6. The Hall–Kier alpha value is 0.440. The Bertz CT molecular complexity index is 104. The first kappa shape index (κ1) is 12.4. The van der Waals surface area contributed by atoms with Crippen LogP contribution in [0.2, 0.25) is 0 Å². The molecule has 0 fully saturated rings. The van der Waals surface area contributed by atoms with Crippen molar-refractivity contribution >= 4 is 15.9 Å². The number of halogens is 1. The molecule has 0 bridgehead atoms. The van der Waals surface area contributed by atoms with Crippen LogP contribution in [-0.4, -0.2) is 17.4 Å². The topological polar surface area (TPSA) is 12.0 Å². The maximum absolute atomic E-state index is 3.62. The average molecular weight is 236 g/mol. The molecule has 0 aromatic heterocycles. The molecule has 74 valence electrons. The summed E-state index contributed by atoms with van der Waals surface area (Å²) in [4.78, 5) is 0. The monoisotopic (exact) mass is 235 g/mol. The lowest BCUT2D eigenvalue weighted by Crippen LogP contribution is -2.41. The van der Waals surface area contributed by atoms with E-state index in [0.29, 0.717) is 18.0 Å². The second-order valence-electron chi connectivity index (χ2n) is 3.86. The summed E-state index contributed by atoms with van der Waals surface area (Å²) in [5.74, 6) is 0.712. The lowest BCUT2D eigenvalue weighted by molar-refractivity contribution is 0.377. The molecule has 0 radical (unpaired) electrons. The first-order valence-corrected chi connectivity index (χ1v) is 6.06. The Balaban J connectivity index is 3.69. The van der Waals surface area contributed by atoms with Crippen molar-refractivity contribution in [3.05, 3.63) is 0 Å². The van der Waals surface area contributed by atoms with E-state index in [1.807, 2.05) is 0 Å². The highest BCUT2D eigenvalue weighted by atomic mass is 79.9. The molecule has 2 heteroatoms. The molecule has 0 saturated carbocycles. The zero-order valence-corrected chi connectivity index (χ0v) is 10.3. The quantitative estimate of drug-likeness (QED) is 0.698. The predicted molar refractivity (Wildman–Crippen MR) is 59.9 cm³/mol. The van der Waals surface area contributed by atoms with Gasteiger partial charge in [-0.2, -0.15) is 0 Å². The van der Waals surface area contributed by atoms with E-state index in [0.717, 1.165) is 5.33 Å². The van der Waals surface area contributed by atoms with E-state index in [1.165, 1.54) is 12.8 Å². The smallest absolute Gasteiger partial charge is 0.0190 e. The number of nitrogens with one attached hydrogen (secondary N) is 1. The average Bonchev–Trinajstić information content (AvgIpc) is 2.00. The molecule has 0 aliphatic rings. The molecule has 0 amide bonds. The van der Waals surface area contributed by atoms with Crippen LogP contribution in [0.1, 0.15) is 40.5 Å². The first-order valence-electron chi connectivity index (χ1n) is 4.93. The van der Waals surface area contributed by atoms with Crippen molar-refractivity contribution in [2.45, 2.75) is 52.6 Å². The number of hydrogen-bond donors (Lipinski definition) is 1. The van der Waals surface area contributed by atoms with Gasteiger partial charge >= 0.3 is 0 Å². The van der Waals surface area contributed by atoms with Gasteiger partial charge < -0.3 is 5.32 Å². The van der Waals surface area contributed by atoms with E-state index >= 15 is 0 Å². The molecule has 0 heterocycles. The lowest BCUT2D eigenvalue weighted by atomic mass is 10.0. The predicted octanol–water partition coefficient (Wildman–Crippen LogP) is 3.18. The maximum Gasteiger partial charge on any atom is 0.0190 e. The maximum atomic E-state index is 3.62. The second-order valence-corrected chi connectivity index (χ2v) is 4.51. The van der Waals surface area contributed by atoms with Crippen LogP contribution >= 0.6 is 15.9 Å². The van der Waals surface area contributed by atoms with Crippen molar-refractivity contribution < 1.29 is 0 Å². The molecule has 0 aliphatic heterocycles. The van der Waals surface area contributed by atoms with Gasteiger partial charge in [-0.15, -0.1) is 0 Å². The Morgan fingerprint density at radius 2 is 1.83 bits per heavy atom. The molecule has 0 aliphatic carbocycles. The molecule has 0 aromatic carbocycles. The number of alkyl halides is 1. The summed E-state index contributed by atoms with van der Waals surface area (Å²) in [6.45, 7) is 9.02. The van der Waals surface area contributed by atoms with E-state index < -0.39 is 0 Å². The molecule has 2 atom stereocenters. The van der Waals surface area contributed by atoms with E-state index in [2.05, 4.69) is 48.9 Å². The Morgan fingerprint density at radius 1 is 1.25 bits per heavy atom. The third kappa shape index (κ3) is 5.15. The highest BCUT2D eigenvalue weighted by Crippen LogP contribution is 2.07. The fraction of sp³-hybridized carbons (Fsp3) is 1.00. The van der Waals surface area contributed by atoms with Crippen LogP contribution in [0.4, 0.5) is 0 Å². The Labute approximate surface area is 85.4 Å². The van der Waals surface area contributed by atoms with E-state index in [4.69, 9.17) is 0 Å². The van der Waals surface area contributed by atoms with Gasteiger partial charge in [-0.25, -0.2) is 0 Å². The summed E-state index contributed by atoms with van der Waals surface area (Å²) in [7, 11) is 0. The van der Waals surface area contributed by atoms with E-state index in [9.17, 15) is 0 Å². The van der Waals surface area contributed by atoms with Gasteiger partial charge in [0.15, 0.2) is 0 Å². The third-order valence-corrected chi connectivity index (χ3v) is 2.89. The molecule has 0 saturated heterocycles. The highest BCUT2D eigenvalue weighted by Gasteiger charge is 2.13. The van der Waals surface area contributed by atoms with Crippen LogP contribution in [0.15, 0.2) is 0 Å². The standard InChI is InChI=1S/C10H22BrN/c1-5-6-9(4)12-10(7-11)8(2)3/h8-10,12H,5-7H2,1-4H3. The summed E-state index contributed by atoms with van der Waals surface area (Å²) >= 11 is 3.53. The minimum Gasteiger partial charge on any atom is -0.310 e. The van der Waals surface area contributed by atoms with Crippen molar-refractivity contribution in [1.82, 2.24) is 5.32 Å². The minimum atomic E-state index is 0.617. The van der Waals surface area contributed by atoms with Crippen LogP contribution in [0.25, 0.3) is 0 Å². The van der Waals surface area contributed by atoms with Crippen LogP contribution in [0.3, 0.4) is 0 Å². The first-order chi connectivity index (χ1) is 5.61. The van der Waals surface area contributed by atoms with Crippen LogP contribution in [-0.2, 0) is 0 Å². The van der Waals surface area contributed by atoms with Crippen molar-refractivity contribution in [2.75, 3.05) is 5.33 Å². The minimum absolute atomic E-state index is 0.617. The molecule has 12 heavy (non-hydrogen) atoms.